The fourth-order valence-corrected chi connectivity index (χ4v) is 2.49. The quantitative estimate of drug-likeness (QED) is 0.417. The standard InChI is InChI=1S/C19H18N4O6/c20-14-5-1-12(2-6-14)17(25)28-10-22-9-16(24)23(19(22)27)11-29-18(26)13-3-7-15(21)8-4-13/h1-8H,9-11,20-21H2. The van der Waals surface area contributed by atoms with Crippen molar-refractivity contribution >= 4 is 35.3 Å². The van der Waals surface area contributed by atoms with E-state index in [1.807, 2.05) is 0 Å². The highest BCUT2D eigenvalue weighted by molar-refractivity contribution is 6.02. The van der Waals surface area contributed by atoms with E-state index >= 15 is 0 Å². The predicted molar refractivity (Wildman–Crippen MR) is 101 cm³/mol. The van der Waals surface area contributed by atoms with Crippen LogP contribution in [0.4, 0.5) is 16.2 Å². The number of nitrogen functional groups attached to an aromatic ring is 2. The number of carbonyl (C=O) groups is 4. The molecule has 1 saturated heterocycles. The molecule has 1 fully saturated rings. The third kappa shape index (κ3) is 4.61. The minimum atomic E-state index is -0.731. The van der Waals surface area contributed by atoms with Crippen molar-refractivity contribution in [2.75, 3.05) is 31.5 Å². The molecule has 1 aliphatic rings. The van der Waals surface area contributed by atoms with Gasteiger partial charge in [0.05, 0.1) is 11.1 Å². The molecule has 150 valence electrons. The molecule has 0 unspecified atom stereocenters. The molecule has 0 atom stereocenters. The van der Waals surface area contributed by atoms with E-state index < -0.39 is 37.3 Å². The van der Waals surface area contributed by atoms with Gasteiger partial charge in [0.25, 0.3) is 5.91 Å². The summed E-state index contributed by atoms with van der Waals surface area (Å²) in [5.41, 5.74) is 12.6. The molecule has 0 aromatic heterocycles. The topological polar surface area (TPSA) is 145 Å². The second-order valence-corrected chi connectivity index (χ2v) is 6.17. The first kappa shape index (κ1) is 19.7. The van der Waals surface area contributed by atoms with Gasteiger partial charge in [0.15, 0.2) is 13.5 Å². The first-order chi connectivity index (χ1) is 13.8. The molecule has 3 rings (SSSR count). The Bertz CT molecular complexity index is 942. The van der Waals surface area contributed by atoms with E-state index in [4.69, 9.17) is 20.9 Å². The Kier molecular flexibility index (Phi) is 5.63. The van der Waals surface area contributed by atoms with E-state index in [1.54, 1.807) is 0 Å². The molecule has 4 N–H and O–H groups in total. The third-order valence-electron chi connectivity index (χ3n) is 4.10. The molecule has 0 saturated carbocycles. The Balaban J connectivity index is 1.52. The molecule has 0 aliphatic carbocycles. The van der Waals surface area contributed by atoms with Crippen LogP contribution in [-0.2, 0) is 14.3 Å². The Morgan fingerprint density at radius 2 is 1.24 bits per heavy atom. The number of hydrogen-bond donors (Lipinski definition) is 2. The van der Waals surface area contributed by atoms with Crippen LogP contribution in [0.15, 0.2) is 48.5 Å². The second-order valence-electron chi connectivity index (χ2n) is 6.17. The monoisotopic (exact) mass is 398 g/mol. The van der Waals surface area contributed by atoms with Gasteiger partial charge in [-0.1, -0.05) is 0 Å². The van der Waals surface area contributed by atoms with Crippen LogP contribution in [0.1, 0.15) is 20.7 Å². The van der Waals surface area contributed by atoms with Crippen LogP contribution in [0.3, 0.4) is 0 Å². The third-order valence-corrected chi connectivity index (χ3v) is 4.10. The average Bonchev–Trinajstić information content (AvgIpc) is 2.98. The normalized spacial score (nSPS) is 13.5. The SMILES string of the molecule is Nc1ccc(C(=O)OCN2CC(=O)N(COC(=O)c3ccc(N)cc3)C2=O)cc1. The van der Waals surface area contributed by atoms with Gasteiger partial charge in [-0.05, 0) is 48.5 Å². The number of imide groups is 1. The summed E-state index contributed by atoms with van der Waals surface area (Å²) in [5.74, 6) is -1.96. The number of benzene rings is 2. The van der Waals surface area contributed by atoms with Crippen molar-refractivity contribution < 1.29 is 28.7 Å². The molecule has 0 bridgehead atoms. The van der Waals surface area contributed by atoms with Crippen LogP contribution in [-0.4, -0.2) is 53.7 Å². The summed E-state index contributed by atoms with van der Waals surface area (Å²) in [5, 5.41) is 0. The zero-order valence-electron chi connectivity index (χ0n) is 15.2. The lowest BCUT2D eigenvalue weighted by Gasteiger charge is -2.17. The van der Waals surface area contributed by atoms with Crippen molar-refractivity contribution in [3.05, 3.63) is 59.7 Å². The van der Waals surface area contributed by atoms with Crippen molar-refractivity contribution in [3.8, 4) is 0 Å². The van der Waals surface area contributed by atoms with Crippen LogP contribution in [0, 0.1) is 0 Å². The van der Waals surface area contributed by atoms with E-state index in [0.717, 1.165) is 9.80 Å². The number of anilines is 2. The first-order valence-corrected chi connectivity index (χ1v) is 8.50. The number of carbonyl (C=O) groups excluding carboxylic acids is 4. The van der Waals surface area contributed by atoms with Gasteiger partial charge in [0, 0.05) is 11.4 Å². The summed E-state index contributed by atoms with van der Waals surface area (Å²) in [6.45, 7) is -1.27. The number of hydrogen-bond acceptors (Lipinski definition) is 8. The van der Waals surface area contributed by atoms with Crippen molar-refractivity contribution in [2.24, 2.45) is 0 Å². The molecule has 2 aromatic carbocycles. The zero-order valence-corrected chi connectivity index (χ0v) is 15.2. The molecular weight excluding hydrogens is 380 g/mol. The lowest BCUT2D eigenvalue weighted by Crippen LogP contribution is -2.36. The largest absolute Gasteiger partial charge is 0.440 e. The molecule has 1 aliphatic heterocycles. The highest BCUT2D eigenvalue weighted by Gasteiger charge is 2.37. The van der Waals surface area contributed by atoms with Crippen LogP contribution < -0.4 is 11.5 Å². The molecule has 2 aromatic rings. The van der Waals surface area contributed by atoms with Crippen molar-refractivity contribution in [2.45, 2.75) is 0 Å². The summed E-state index contributed by atoms with van der Waals surface area (Å²) in [7, 11) is 0. The van der Waals surface area contributed by atoms with Gasteiger partial charge in [-0.15, -0.1) is 0 Å². The summed E-state index contributed by atoms with van der Waals surface area (Å²) in [6, 6.07) is 11.3. The lowest BCUT2D eigenvalue weighted by molar-refractivity contribution is -0.128. The minimum absolute atomic E-state index is 0.229. The lowest BCUT2D eigenvalue weighted by atomic mass is 10.2. The summed E-state index contributed by atoms with van der Waals surface area (Å²) >= 11 is 0. The van der Waals surface area contributed by atoms with Gasteiger partial charge >= 0.3 is 18.0 Å². The summed E-state index contributed by atoms with van der Waals surface area (Å²) in [6.07, 6.45) is 0. The van der Waals surface area contributed by atoms with E-state index in [2.05, 4.69) is 0 Å². The van der Waals surface area contributed by atoms with Gasteiger partial charge in [-0.3, -0.25) is 9.69 Å². The maximum Gasteiger partial charge on any atom is 0.339 e. The molecule has 3 amide bonds. The Morgan fingerprint density at radius 3 is 1.72 bits per heavy atom. The fourth-order valence-electron chi connectivity index (χ4n) is 2.49. The number of urea groups is 1. The van der Waals surface area contributed by atoms with Crippen LogP contribution >= 0.6 is 0 Å². The van der Waals surface area contributed by atoms with E-state index in [9.17, 15) is 19.2 Å². The second kappa shape index (κ2) is 8.30. The number of amides is 3. The minimum Gasteiger partial charge on any atom is -0.440 e. The van der Waals surface area contributed by atoms with Gasteiger partial charge < -0.3 is 20.9 Å². The van der Waals surface area contributed by atoms with Crippen molar-refractivity contribution in [1.29, 1.82) is 0 Å². The number of nitrogens with two attached hydrogens (primary N) is 2. The number of nitrogens with zero attached hydrogens (tertiary/aromatic N) is 2. The predicted octanol–water partition coefficient (Wildman–Crippen LogP) is 1.04. The number of rotatable bonds is 6. The van der Waals surface area contributed by atoms with Crippen LogP contribution in [0.5, 0.6) is 0 Å². The van der Waals surface area contributed by atoms with Crippen molar-refractivity contribution in [1.82, 2.24) is 9.80 Å². The first-order valence-electron chi connectivity index (χ1n) is 8.50. The van der Waals surface area contributed by atoms with Crippen LogP contribution in [0.2, 0.25) is 0 Å². The maximum atomic E-state index is 12.3. The van der Waals surface area contributed by atoms with E-state index in [-0.39, 0.29) is 17.7 Å². The van der Waals surface area contributed by atoms with Gasteiger partial charge in [0.1, 0.15) is 6.54 Å². The summed E-state index contributed by atoms with van der Waals surface area (Å²) < 4.78 is 10.1. The molecule has 29 heavy (non-hydrogen) atoms. The van der Waals surface area contributed by atoms with Crippen LogP contribution in [0.25, 0.3) is 0 Å². The number of ether oxygens (including phenoxy) is 2. The highest BCUT2D eigenvalue weighted by Crippen LogP contribution is 2.13. The van der Waals surface area contributed by atoms with Gasteiger partial charge in [-0.2, -0.15) is 0 Å². The Hall–Kier alpha value is -4.08. The smallest absolute Gasteiger partial charge is 0.339 e. The van der Waals surface area contributed by atoms with E-state index in [1.165, 1.54) is 48.5 Å². The highest BCUT2D eigenvalue weighted by atomic mass is 16.6. The summed E-state index contributed by atoms with van der Waals surface area (Å²) in [4.78, 5) is 50.1. The van der Waals surface area contributed by atoms with E-state index in [0.29, 0.717) is 11.4 Å². The van der Waals surface area contributed by atoms with Gasteiger partial charge in [0.2, 0.25) is 0 Å². The zero-order chi connectivity index (χ0) is 21.0. The number of esters is 2. The molecular formula is C19H18N4O6. The Labute approximate surface area is 165 Å². The molecule has 10 nitrogen and oxygen atoms in total. The molecule has 10 heteroatoms. The fraction of sp³-hybridized carbons (Fsp3) is 0.158. The van der Waals surface area contributed by atoms with Gasteiger partial charge in [-0.25, -0.2) is 19.3 Å². The molecule has 0 spiro atoms. The average molecular weight is 398 g/mol. The Morgan fingerprint density at radius 1 is 0.793 bits per heavy atom. The molecule has 0 radical (unpaired) electrons. The molecule has 1 heterocycles. The maximum absolute atomic E-state index is 12.3. The van der Waals surface area contributed by atoms with Crippen molar-refractivity contribution in [3.63, 3.8) is 0 Å².